The van der Waals surface area contributed by atoms with Gasteiger partial charge in [0.2, 0.25) is 59.1 Å². The van der Waals surface area contributed by atoms with Gasteiger partial charge >= 0.3 is 6.03 Å². The van der Waals surface area contributed by atoms with E-state index in [4.69, 9.17) is 24.7 Å². The van der Waals surface area contributed by atoms with Gasteiger partial charge in [0.25, 0.3) is 0 Å². The third-order valence-corrected chi connectivity index (χ3v) is 19.6. The number of nitrogens with one attached hydrogen (secondary N) is 8. The van der Waals surface area contributed by atoms with Crippen molar-refractivity contribution in [2.45, 2.75) is 214 Å². The number of nitrogens with zero attached hydrogens (tertiary/aromatic N) is 4. The van der Waals surface area contributed by atoms with Crippen LogP contribution in [0, 0.1) is 35.5 Å². The average Bonchev–Trinajstić information content (AvgIpc) is 1.78. The van der Waals surface area contributed by atoms with E-state index in [0.29, 0.717) is 63.0 Å². The van der Waals surface area contributed by atoms with Crippen molar-refractivity contribution in [1.29, 1.82) is 0 Å². The number of amides is 12. The van der Waals surface area contributed by atoms with Crippen molar-refractivity contribution in [1.82, 2.24) is 56.8 Å². The molecule has 12 amide bonds. The van der Waals surface area contributed by atoms with Gasteiger partial charge in [0.1, 0.15) is 24.2 Å². The zero-order valence-corrected chi connectivity index (χ0v) is 64.1. The molecule has 2 aliphatic heterocycles. The van der Waals surface area contributed by atoms with E-state index >= 15 is 0 Å². The summed E-state index contributed by atoms with van der Waals surface area (Å²) < 4.78 is 23.4. The summed E-state index contributed by atoms with van der Waals surface area (Å²) in [7, 11) is 8.40. The van der Waals surface area contributed by atoms with E-state index in [2.05, 4.69) is 42.5 Å². The highest BCUT2D eigenvalue weighted by Gasteiger charge is 2.44. The maximum Gasteiger partial charge on any atom is 0.312 e. The van der Waals surface area contributed by atoms with Crippen molar-refractivity contribution in [3.8, 4) is 0 Å². The molecule has 4 rings (SSSR count). The predicted molar refractivity (Wildman–Crippen MR) is 393 cm³/mol. The van der Waals surface area contributed by atoms with E-state index in [9.17, 15) is 52.7 Å². The maximum absolute atomic E-state index is 14.7. The molecule has 103 heavy (non-hydrogen) atoms. The Morgan fingerprint density at radius 3 is 1.84 bits per heavy atom. The average molecular weight is 1450 g/mol. The number of ether oxygens (including phenoxy) is 4. The summed E-state index contributed by atoms with van der Waals surface area (Å²) in [6.45, 7) is 23.0. The number of benzene rings is 2. The van der Waals surface area contributed by atoms with E-state index in [1.165, 1.54) is 14.2 Å². The first-order valence-corrected chi connectivity index (χ1v) is 36.8. The van der Waals surface area contributed by atoms with Crippen molar-refractivity contribution in [2.24, 2.45) is 41.2 Å². The van der Waals surface area contributed by atoms with Crippen molar-refractivity contribution in [3.05, 3.63) is 65.7 Å². The number of rotatable bonds is 44. The van der Waals surface area contributed by atoms with E-state index in [-0.39, 0.29) is 137 Å². The second-order valence-electron chi connectivity index (χ2n) is 28.7. The molecule has 2 aliphatic rings. The minimum absolute atomic E-state index is 0.00765. The van der Waals surface area contributed by atoms with Crippen molar-refractivity contribution in [3.63, 3.8) is 0 Å². The van der Waals surface area contributed by atoms with Crippen LogP contribution in [0.4, 0.5) is 10.5 Å². The van der Waals surface area contributed by atoms with Gasteiger partial charge in [0.15, 0.2) is 0 Å². The second-order valence-corrected chi connectivity index (χ2v) is 28.7. The lowest BCUT2D eigenvalue weighted by Crippen LogP contribution is -2.59. The molecule has 2 unspecified atom stereocenters. The normalized spacial score (nSPS) is 18.3. The van der Waals surface area contributed by atoms with Crippen LogP contribution in [-0.4, -0.2) is 233 Å². The minimum atomic E-state index is -1.11. The van der Waals surface area contributed by atoms with Crippen LogP contribution in [-0.2, 0) is 79.9 Å². The van der Waals surface area contributed by atoms with Crippen molar-refractivity contribution in [2.75, 3.05) is 93.3 Å². The monoisotopic (exact) mass is 1450 g/mol. The summed E-state index contributed by atoms with van der Waals surface area (Å²) >= 11 is 0. The van der Waals surface area contributed by atoms with Gasteiger partial charge in [0.05, 0.1) is 75.5 Å². The standard InChI is InChI=1S/C75H123N13O15/c1-17-49(9)66(86(14)74(98)64(47(5)6)84-73(97)65(48(7)8)85(12)13)59(100-15)44-62(91)88-36-23-27-58(88)67(101-16)51(11)68(92)82-57(43-52-24-20-19-21-25-52)70(94)79-45-53-28-30-55(31-29-53)80-71(95)56(26-22-35-78-75(76)99)81-72(96)63(46(3)4)83-60(89)33-38-102-40-41-103-39-34-61(90)87-37-32-54(42-50(87)10)69(93)77-18-2/h19-21,24-25,28-31,46-51,54,56-59,63-67H,17-18,22-23,26-27,32-45H2,1-16H3,(H,77,93)(H,79,94)(H,80,95)(H,81,96)(H,82,92)(H,83,89)(H,84,97)(H3,76,78,99)/t49-,50?,51+,54?,56-,57-,58-,59+,63-,64-,65-,66-,67+/m0/s1. The largest absolute Gasteiger partial charge is 0.379 e. The molecule has 2 saturated heterocycles. The fourth-order valence-corrected chi connectivity index (χ4v) is 13.7. The van der Waals surface area contributed by atoms with Crippen LogP contribution in [0.1, 0.15) is 151 Å². The molecule has 0 radical (unpaired) electrons. The molecule has 28 nitrogen and oxygen atoms in total. The number of hydrogen-bond donors (Lipinski definition) is 9. The molecule has 2 fully saturated rings. The topological polar surface area (TPSA) is 360 Å². The van der Waals surface area contributed by atoms with Gasteiger partial charge in [-0.05, 0) is 113 Å². The fourth-order valence-electron chi connectivity index (χ4n) is 13.7. The van der Waals surface area contributed by atoms with Crippen LogP contribution in [0.15, 0.2) is 54.6 Å². The van der Waals surface area contributed by atoms with Gasteiger partial charge in [-0.3, -0.25) is 52.8 Å². The quantitative estimate of drug-likeness (QED) is 0.0418. The molecule has 0 aliphatic carbocycles. The number of methoxy groups -OCH3 is 2. The van der Waals surface area contributed by atoms with Gasteiger partial charge in [-0.2, -0.15) is 0 Å². The van der Waals surface area contributed by atoms with Gasteiger partial charge in [0, 0.05) is 84.5 Å². The zero-order valence-electron chi connectivity index (χ0n) is 64.1. The molecular weight excluding hydrogens is 1320 g/mol. The molecule has 0 spiro atoms. The Morgan fingerprint density at radius 1 is 0.631 bits per heavy atom. The van der Waals surface area contributed by atoms with Crippen molar-refractivity contribution < 1.29 is 71.7 Å². The Kier molecular flexibility index (Phi) is 38.1. The van der Waals surface area contributed by atoms with Crippen LogP contribution in [0.25, 0.3) is 0 Å². The molecule has 0 saturated carbocycles. The van der Waals surface area contributed by atoms with E-state index in [1.807, 2.05) is 105 Å². The number of nitrogens with two attached hydrogens (primary N) is 1. The number of likely N-dealkylation sites (tertiary alicyclic amines) is 2. The summed E-state index contributed by atoms with van der Waals surface area (Å²) in [4.78, 5) is 156. The molecule has 2 aromatic rings. The van der Waals surface area contributed by atoms with Crippen LogP contribution in [0.3, 0.4) is 0 Å². The molecule has 2 aromatic carbocycles. The summed E-state index contributed by atoms with van der Waals surface area (Å²) in [5.41, 5.74) is 7.10. The summed E-state index contributed by atoms with van der Waals surface area (Å²) in [5.74, 6) is -5.03. The number of piperidine rings is 1. The molecule has 2 heterocycles. The van der Waals surface area contributed by atoms with E-state index in [1.54, 1.807) is 66.8 Å². The molecule has 578 valence electrons. The van der Waals surface area contributed by atoms with E-state index in [0.717, 1.165) is 5.56 Å². The summed E-state index contributed by atoms with van der Waals surface area (Å²) in [5, 5.41) is 22.7. The molecule has 13 atom stereocenters. The van der Waals surface area contributed by atoms with Gasteiger partial charge < -0.3 is 81.9 Å². The summed E-state index contributed by atoms with van der Waals surface area (Å²) in [6, 6.07) is 9.61. The highest BCUT2D eigenvalue weighted by atomic mass is 16.5. The molecule has 10 N–H and O–H groups in total. The van der Waals surface area contributed by atoms with Crippen LogP contribution in [0.2, 0.25) is 0 Å². The Labute approximate surface area is 610 Å². The number of carbonyl (C=O) groups is 11. The zero-order chi connectivity index (χ0) is 76.6. The summed E-state index contributed by atoms with van der Waals surface area (Å²) in [6.07, 6.45) is 2.14. The number of primary amides is 1. The fraction of sp³-hybridized carbons (Fsp3) is 0.693. The third-order valence-electron chi connectivity index (χ3n) is 19.6. The number of anilines is 1. The van der Waals surface area contributed by atoms with Gasteiger partial charge in [-0.25, -0.2) is 4.79 Å². The van der Waals surface area contributed by atoms with Crippen LogP contribution < -0.4 is 48.3 Å². The van der Waals surface area contributed by atoms with E-state index < -0.39 is 102 Å². The molecule has 28 heteroatoms. The van der Waals surface area contributed by atoms with Crippen LogP contribution in [0.5, 0.6) is 0 Å². The number of carbonyl (C=O) groups excluding carboxylic acids is 11. The SMILES string of the molecule is CCNC(=O)C1CCN(C(=O)CCOCCOCCC(=O)N[C@H](C(=O)N[C@@H](CCCNC(N)=O)C(=O)Nc2ccc(CNC(=O)[C@H](Cc3ccccc3)NC(=O)[C@H](C)[C@@H](OC)[C@@H]3CCCN3C(=O)C[C@@H](OC)[C@H]([C@@H](C)CC)N(C)C(=O)[C@@H](NC(=O)[C@H](C(C)C)N(C)C)C(C)C)cc2)C(C)C)C(C)C1. The number of likely N-dealkylation sites (N-methyl/N-ethyl adjacent to an activating group) is 2. The maximum atomic E-state index is 14.7. The Morgan fingerprint density at radius 2 is 1.27 bits per heavy atom. The lowest BCUT2D eigenvalue weighted by Gasteiger charge is -2.41. The second kappa shape index (κ2) is 44.8. The van der Waals surface area contributed by atoms with Gasteiger partial charge in [-0.1, -0.05) is 111 Å². The lowest BCUT2D eigenvalue weighted by molar-refractivity contribution is -0.148. The highest BCUT2D eigenvalue weighted by Crippen LogP contribution is 2.31. The van der Waals surface area contributed by atoms with Crippen molar-refractivity contribution >= 4 is 70.8 Å². The predicted octanol–water partition coefficient (Wildman–Crippen LogP) is 4.27. The molecule has 0 bridgehead atoms. The Balaban J connectivity index is 1.36. The molecule has 0 aromatic heterocycles. The minimum Gasteiger partial charge on any atom is -0.379 e. The first-order chi connectivity index (χ1) is 48.9. The Bertz CT molecular complexity index is 3020. The Hall–Kier alpha value is -7.79. The first kappa shape index (κ1) is 87.6. The lowest BCUT2D eigenvalue weighted by atomic mass is 9.89. The van der Waals surface area contributed by atoms with Crippen LogP contribution >= 0.6 is 0 Å². The first-order valence-electron chi connectivity index (χ1n) is 36.8. The number of urea groups is 1. The van der Waals surface area contributed by atoms with Gasteiger partial charge in [-0.15, -0.1) is 0 Å². The highest BCUT2D eigenvalue weighted by molar-refractivity contribution is 5.98. The molecular formula is C75H123N13O15. The number of hydrogen-bond acceptors (Lipinski definition) is 16. The third kappa shape index (κ3) is 28.0. The smallest absolute Gasteiger partial charge is 0.312 e.